The van der Waals surface area contributed by atoms with E-state index in [4.69, 9.17) is 10.5 Å². The third-order valence-corrected chi connectivity index (χ3v) is 2.60. The number of carbonyl (C=O) groups excluding carboxylic acids is 1. The Morgan fingerprint density at radius 2 is 2.26 bits per heavy atom. The largest absolute Gasteiger partial charge is 0.494 e. The fourth-order valence-electron chi connectivity index (χ4n) is 1.62. The maximum absolute atomic E-state index is 13.4. The van der Waals surface area contributed by atoms with Crippen molar-refractivity contribution in [2.45, 2.75) is 0 Å². The SMILES string of the molecule is CNC(=O)c1ccn(-c2cc(OC)c(F)cc2N)n1. The first-order valence-electron chi connectivity index (χ1n) is 5.48. The number of halogens is 1. The van der Waals surface area contributed by atoms with Gasteiger partial charge in [-0.2, -0.15) is 5.10 Å². The first kappa shape index (κ1) is 12.9. The van der Waals surface area contributed by atoms with Crippen molar-refractivity contribution >= 4 is 11.6 Å². The summed E-state index contributed by atoms with van der Waals surface area (Å²) in [7, 11) is 2.87. The fraction of sp³-hybridized carbons (Fsp3) is 0.167. The van der Waals surface area contributed by atoms with Crippen molar-refractivity contribution in [3.05, 3.63) is 35.9 Å². The molecule has 0 aliphatic rings. The van der Waals surface area contributed by atoms with Gasteiger partial charge in [-0.15, -0.1) is 0 Å². The van der Waals surface area contributed by atoms with E-state index in [0.717, 1.165) is 6.07 Å². The molecule has 0 spiro atoms. The number of nitrogens with one attached hydrogen (secondary N) is 1. The molecule has 0 saturated carbocycles. The molecule has 2 rings (SSSR count). The summed E-state index contributed by atoms with van der Waals surface area (Å²) in [5, 5.41) is 6.53. The number of benzene rings is 1. The molecule has 1 amide bonds. The molecule has 0 saturated heterocycles. The Kier molecular flexibility index (Phi) is 3.37. The molecule has 0 unspecified atom stereocenters. The monoisotopic (exact) mass is 264 g/mol. The molecule has 0 atom stereocenters. The second kappa shape index (κ2) is 4.97. The maximum Gasteiger partial charge on any atom is 0.271 e. The van der Waals surface area contributed by atoms with E-state index < -0.39 is 5.82 Å². The molecule has 0 aliphatic heterocycles. The number of anilines is 1. The van der Waals surface area contributed by atoms with Crippen molar-refractivity contribution in [2.24, 2.45) is 0 Å². The van der Waals surface area contributed by atoms with Crippen LogP contribution in [0.15, 0.2) is 24.4 Å². The number of nitrogen functional groups attached to an aromatic ring is 1. The van der Waals surface area contributed by atoms with Crippen LogP contribution < -0.4 is 15.8 Å². The quantitative estimate of drug-likeness (QED) is 0.809. The molecule has 0 radical (unpaired) electrons. The Morgan fingerprint density at radius 1 is 1.53 bits per heavy atom. The lowest BCUT2D eigenvalue weighted by atomic mass is 10.2. The molecule has 0 aliphatic carbocycles. The Balaban J connectivity index is 2.47. The molecule has 0 fully saturated rings. The summed E-state index contributed by atoms with van der Waals surface area (Å²) in [4.78, 5) is 11.4. The van der Waals surface area contributed by atoms with Gasteiger partial charge in [-0.25, -0.2) is 9.07 Å². The van der Waals surface area contributed by atoms with Gasteiger partial charge in [0.2, 0.25) is 0 Å². The number of aromatic nitrogens is 2. The van der Waals surface area contributed by atoms with Gasteiger partial charge in [-0.3, -0.25) is 4.79 Å². The van der Waals surface area contributed by atoms with Gasteiger partial charge >= 0.3 is 0 Å². The van der Waals surface area contributed by atoms with Crippen molar-refractivity contribution in [1.82, 2.24) is 15.1 Å². The predicted molar refractivity (Wildman–Crippen MR) is 67.9 cm³/mol. The summed E-state index contributed by atoms with van der Waals surface area (Å²) in [6.07, 6.45) is 1.56. The molecule has 7 heteroatoms. The molecule has 2 aromatic rings. The average molecular weight is 264 g/mol. The summed E-state index contributed by atoms with van der Waals surface area (Å²) in [5.41, 5.74) is 6.62. The summed E-state index contributed by atoms with van der Waals surface area (Å²) in [5.74, 6) is -0.810. The lowest BCUT2D eigenvalue weighted by Gasteiger charge is -2.09. The van der Waals surface area contributed by atoms with Crippen molar-refractivity contribution in [2.75, 3.05) is 19.9 Å². The second-order valence-corrected chi connectivity index (χ2v) is 3.77. The average Bonchev–Trinajstić information content (AvgIpc) is 2.87. The van der Waals surface area contributed by atoms with E-state index in [1.165, 1.54) is 31.0 Å². The highest BCUT2D eigenvalue weighted by Gasteiger charge is 2.13. The van der Waals surface area contributed by atoms with Crippen LogP contribution in [0.4, 0.5) is 10.1 Å². The van der Waals surface area contributed by atoms with Crippen LogP contribution in [0.1, 0.15) is 10.5 Å². The molecule has 3 N–H and O–H groups in total. The van der Waals surface area contributed by atoms with Crippen LogP contribution in [0.2, 0.25) is 0 Å². The molecule has 0 bridgehead atoms. The third-order valence-electron chi connectivity index (χ3n) is 2.60. The molecule has 1 aromatic heterocycles. The standard InChI is InChI=1S/C12H13FN4O2/c1-15-12(18)9-3-4-17(16-9)10-6-11(19-2)7(13)5-8(10)14/h3-6H,14H2,1-2H3,(H,15,18). The zero-order valence-electron chi connectivity index (χ0n) is 10.5. The summed E-state index contributed by atoms with van der Waals surface area (Å²) in [6.45, 7) is 0. The van der Waals surface area contributed by atoms with Crippen LogP contribution >= 0.6 is 0 Å². The van der Waals surface area contributed by atoms with Gasteiger partial charge in [0.25, 0.3) is 5.91 Å². The van der Waals surface area contributed by atoms with E-state index in [1.807, 2.05) is 0 Å². The van der Waals surface area contributed by atoms with Gasteiger partial charge in [0, 0.05) is 25.4 Å². The van der Waals surface area contributed by atoms with E-state index in [1.54, 1.807) is 6.20 Å². The number of rotatable bonds is 3. The van der Waals surface area contributed by atoms with Gasteiger partial charge in [0.15, 0.2) is 17.3 Å². The van der Waals surface area contributed by atoms with Crippen LogP contribution in [0.3, 0.4) is 0 Å². The summed E-state index contributed by atoms with van der Waals surface area (Å²) >= 11 is 0. The van der Waals surface area contributed by atoms with E-state index in [0.29, 0.717) is 5.69 Å². The molecular formula is C12H13FN4O2. The number of nitrogens with zero attached hydrogens (tertiary/aromatic N) is 2. The highest BCUT2D eigenvalue weighted by Crippen LogP contribution is 2.26. The number of ether oxygens (including phenoxy) is 1. The molecule has 19 heavy (non-hydrogen) atoms. The topological polar surface area (TPSA) is 82.2 Å². The Bertz CT molecular complexity index is 624. The Hall–Kier alpha value is -2.57. The van der Waals surface area contributed by atoms with Crippen molar-refractivity contribution in [1.29, 1.82) is 0 Å². The minimum atomic E-state index is -0.553. The lowest BCUT2D eigenvalue weighted by molar-refractivity contribution is 0.0957. The first-order chi connectivity index (χ1) is 9.06. The van der Waals surface area contributed by atoms with E-state index in [2.05, 4.69) is 10.4 Å². The van der Waals surface area contributed by atoms with Gasteiger partial charge in [-0.05, 0) is 6.07 Å². The molecular weight excluding hydrogens is 251 g/mol. The van der Waals surface area contributed by atoms with Gasteiger partial charge in [0.1, 0.15) is 0 Å². The number of methoxy groups -OCH3 is 1. The maximum atomic E-state index is 13.4. The lowest BCUT2D eigenvalue weighted by Crippen LogP contribution is -2.18. The van der Waals surface area contributed by atoms with Crippen molar-refractivity contribution in [3.63, 3.8) is 0 Å². The van der Waals surface area contributed by atoms with Crippen LogP contribution in [0.25, 0.3) is 5.69 Å². The number of hydrogen-bond donors (Lipinski definition) is 2. The van der Waals surface area contributed by atoms with Gasteiger partial charge < -0.3 is 15.8 Å². The Labute approximate surface area is 109 Å². The number of carbonyl (C=O) groups is 1. The second-order valence-electron chi connectivity index (χ2n) is 3.77. The van der Waals surface area contributed by atoms with Crippen LogP contribution in [0, 0.1) is 5.82 Å². The van der Waals surface area contributed by atoms with Gasteiger partial charge in [0.05, 0.1) is 18.5 Å². The summed E-state index contributed by atoms with van der Waals surface area (Å²) < 4.78 is 19.7. The number of nitrogens with two attached hydrogens (primary N) is 1. The number of hydrogen-bond acceptors (Lipinski definition) is 4. The summed E-state index contributed by atoms with van der Waals surface area (Å²) in [6, 6.07) is 4.11. The molecule has 6 nitrogen and oxygen atoms in total. The fourth-order valence-corrected chi connectivity index (χ4v) is 1.62. The van der Waals surface area contributed by atoms with Crippen molar-refractivity contribution in [3.8, 4) is 11.4 Å². The highest BCUT2D eigenvalue weighted by atomic mass is 19.1. The normalized spacial score (nSPS) is 10.3. The molecule has 100 valence electrons. The van der Waals surface area contributed by atoms with Crippen molar-refractivity contribution < 1.29 is 13.9 Å². The zero-order valence-corrected chi connectivity index (χ0v) is 10.5. The predicted octanol–water partition coefficient (Wildman–Crippen LogP) is 0.962. The van der Waals surface area contributed by atoms with Crippen LogP contribution in [-0.4, -0.2) is 29.8 Å². The van der Waals surface area contributed by atoms with Gasteiger partial charge in [-0.1, -0.05) is 0 Å². The Morgan fingerprint density at radius 3 is 2.89 bits per heavy atom. The third kappa shape index (κ3) is 2.35. The molecule has 1 heterocycles. The smallest absolute Gasteiger partial charge is 0.271 e. The van der Waals surface area contributed by atoms with E-state index >= 15 is 0 Å². The van der Waals surface area contributed by atoms with E-state index in [9.17, 15) is 9.18 Å². The first-order valence-corrected chi connectivity index (χ1v) is 5.48. The highest BCUT2D eigenvalue weighted by molar-refractivity contribution is 5.91. The number of amides is 1. The minimum absolute atomic E-state index is 0.0567. The van der Waals surface area contributed by atoms with E-state index in [-0.39, 0.29) is 23.0 Å². The molecule has 1 aromatic carbocycles. The minimum Gasteiger partial charge on any atom is -0.494 e. The van der Waals surface area contributed by atoms with Crippen LogP contribution in [-0.2, 0) is 0 Å². The zero-order chi connectivity index (χ0) is 14.0. The van der Waals surface area contributed by atoms with Crippen LogP contribution in [0.5, 0.6) is 5.75 Å².